The molecule has 26 heavy (non-hydrogen) atoms. The van der Waals surface area contributed by atoms with E-state index in [1.165, 1.54) is 6.07 Å². The van der Waals surface area contributed by atoms with Crippen molar-refractivity contribution in [3.05, 3.63) is 40.4 Å². The molecule has 1 heterocycles. The third kappa shape index (κ3) is 3.57. The van der Waals surface area contributed by atoms with E-state index in [1.807, 2.05) is 12.2 Å². The zero-order valence-corrected chi connectivity index (χ0v) is 15.6. The first-order valence-electron chi connectivity index (χ1n) is 8.37. The number of benzene rings is 1. The number of rotatable bonds is 5. The monoisotopic (exact) mass is 396 g/mol. The molecule has 1 aromatic carbocycles. The molecule has 0 bridgehead atoms. The number of nitrogens with zero attached hydrogens (tertiary/aromatic N) is 1. The van der Waals surface area contributed by atoms with E-state index in [9.17, 15) is 14.4 Å². The van der Waals surface area contributed by atoms with Crippen LogP contribution in [-0.2, 0) is 14.4 Å². The molecule has 138 valence electrons. The summed E-state index contributed by atoms with van der Waals surface area (Å²) in [5, 5.41) is 1.56. The Labute approximate surface area is 161 Å². The largest absolute Gasteiger partial charge is 0.479 e. The van der Waals surface area contributed by atoms with E-state index in [4.69, 9.17) is 27.9 Å². The van der Waals surface area contributed by atoms with E-state index in [0.717, 1.165) is 5.01 Å². The number of imide groups is 1. The summed E-state index contributed by atoms with van der Waals surface area (Å²) >= 11 is 12.0. The molecule has 2 aliphatic rings. The van der Waals surface area contributed by atoms with Gasteiger partial charge >= 0.3 is 0 Å². The van der Waals surface area contributed by atoms with Crippen molar-refractivity contribution in [3.8, 4) is 5.75 Å². The van der Waals surface area contributed by atoms with Gasteiger partial charge in [0, 0.05) is 11.1 Å². The van der Waals surface area contributed by atoms with Gasteiger partial charge in [-0.1, -0.05) is 42.3 Å². The lowest BCUT2D eigenvalue weighted by Crippen LogP contribution is -2.51. The van der Waals surface area contributed by atoms with Crippen molar-refractivity contribution >= 4 is 40.9 Å². The average Bonchev–Trinajstić information content (AvgIpc) is 2.87. The first-order chi connectivity index (χ1) is 12.4. The number of allylic oxidation sites excluding steroid dienone is 2. The molecular weight excluding hydrogens is 379 g/mol. The van der Waals surface area contributed by atoms with Gasteiger partial charge in [-0.15, -0.1) is 0 Å². The molecular formula is C18H18Cl2N2O4. The molecule has 0 spiro atoms. The molecule has 3 atom stereocenters. The SMILES string of the molecule is CC[C@H](Oc1cc(Cl)ccc1Cl)C(=O)NN1C(=O)[C@@H]2CC=CC[C@H]2C1=O. The predicted octanol–water partition coefficient (Wildman–Crippen LogP) is 3.13. The highest BCUT2D eigenvalue weighted by molar-refractivity contribution is 6.34. The molecule has 0 unspecified atom stereocenters. The highest BCUT2D eigenvalue weighted by atomic mass is 35.5. The number of fused-ring (bicyclic) bond motifs is 1. The average molecular weight is 397 g/mol. The number of hydrogen-bond acceptors (Lipinski definition) is 4. The van der Waals surface area contributed by atoms with Crippen LogP contribution < -0.4 is 10.2 Å². The maximum Gasteiger partial charge on any atom is 0.279 e. The Kier molecular flexibility index (Phi) is 5.53. The van der Waals surface area contributed by atoms with E-state index in [2.05, 4.69) is 5.43 Å². The minimum Gasteiger partial charge on any atom is -0.479 e. The van der Waals surface area contributed by atoms with Gasteiger partial charge in [-0.05, 0) is 31.4 Å². The van der Waals surface area contributed by atoms with E-state index >= 15 is 0 Å². The summed E-state index contributed by atoms with van der Waals surface area (Å²) in [6.45, 7) is 1.75. The maximum absolute atomic E-state index is 12.6. The van der Waals surface area contributed by atoms with Gasteiger partial charge in [0.05, 0.1) is 16.9 Å². The summed E-state index contributed by atoms with van der Waals surface area (Å²) in [4.78, 5) is 37.4. The molecule has 1 fully saturated rings. The van der Waals surface area contributed by atoms with Gasteiger partial charge in [-0.3, -0.25) is 19.8 Å². The summed E-state index contributed by atoms with van der Waals surface area (Å²) < 4.78 is 5.65. The van der Waals surface area contributed by atoms with Crippen molar-refractivity contribution in [1.29, 1.82) is 0 Å². The van der Waals surface area contributed by atoms with Crippen LogP contribution in [0.25, 0.3) is 0 Å². The lowest BCUT2D eigenvalue weighted by atomic mass is 9.85. The predicted molar refractivity (Wildman–Crippen MR) is 96.5 cm³/mol. The molecule has 1 N–H and O–H groups in total. The van der Waals surface area contributed by atoms with Crippen LogP contribution in [-0.4, -0.2) is 28.8 Å². The van der Waals surface area contributed by atoms with E-state index < -0.39 is 23.8 Å². The van der Waals surface area contributed by atoms with E-state index in [-0.39, 0.29) is 17.6 Å². The first-order valence-corrected chi connectivity index (χ1v) is 9.13. The molecule has 1 saturated heterocycles. The molecule has 0 saturated carbocycles. The molecule has 8 heteroatoms. The van der Waals surface area contributed by atoms with Crippen LogP contribution in [0.15, 0.2) is 30.4 Å². The molecule has 3 amide bonds. The number of ether oxygens (including phenoxy) is 1. The van der Waals surface area contributed by atoms with Crippen LogP contribution in [0, 0.1) is 11.8 Å². The van der Waals surface area contributed by atoms with Crippen LogP contribution in [0.4, 0.5) is 0 Å². The van der Waals surface area contributed by atoms with Crippen LogP contribution in [0.2, 0.25) is 10.0 Å². The Hall–Kier alpha value is -2.05. The highest BCUT2D eigenvalue weighted by Crippen LogP contribution is 2.34. The van der Waals surface area contributed by atoms with Gasteiger partial charge in [0.25, 0.3) is 17.7 Å². The fourth-order valence-corrected chi connectivity index (χ4v) is 3.46. The zero-order valence-electron chi connectivity index (χ0n) is 14.1. The smallest absolute Gasteiger partial charge is 0.279 e. The Balaban J connectivity index is 1.70. The molecule has 1 aliphatic heterocycles. The Morgan fingerprint density at radius 1 is 1.23 bits per heavy atom. The second-order valence-electron chi connectivity index (χ2n) is 6.23. The first kappa shape index (κ1) is 18.7. The summed E-state index contributed by atoms with van der Waals surface area (Å²) in [7, 11) is 0. The second-order valence-corrected chi connectivity index (χ2v) is 7.08. The number of nitrogens with one attached hydrogen (secondary N) is 1. The summed E-state index contributed by atoms with van der Waals surface area (Å²) in [5.41, 5.74) is 2.41. The van der Waals surface area contributed by atoms with Crippen LogP contribution >= 0.6 is 23.2 Å². The second kappa shape index (κ2) is 7.68. The quantitative estimate of drug-likeness (QED) is 0.612. The van der Waals surface area contributed by atoms with Crippen molar-refractivity contribution in [1.82, 2.24) is 10.4 Å². The Morgan fingerprint density at radius 2 is 1.85 bits per heavy atom. The Bertz CT molecular complexity index is 754. The minimum absolute atomic E-state index is 0.262. The maximum atomic E-state index is 12.6. The minimum atomic E-state index is -0.924. The summed E-state index contributed by atoms with van der Waals surface area (Å²) in [5.74, 6) is -1.90. The molecule has 1 aliphatic carbocycles. The molecule has 0 radical (unpaired) electrons. The molecule has 0 aromatic heterocycles. The van der Waals surface area contributed by atoms with Gasteiger partial charge in [-0.2, -0.15) is 5.01 Å². The summed E-state index contributed by atoms with van der Waals surface area (Å²) in [6.07, 6.45) is 4.18. The Morgan fingerprint density at radius 3 is 2.42 bits per heavy atom. The van der Waals surface area contributed by atoms with Crippen LogP contribution in [0.1, 0.15) is 26.2 Å². The van der Waals surface area contributed by atoms with E-state index in [1.54, 1.807) is 19.1 Å². The fourth-order valence-electron chi connectivity index (χ4n) is 3.14. The number of carbonyl (C=O) groups is 3. The lowest BCUT2D eigenvalue weighted by Gasteiger charge is -2.22. The van der Waals surface area contributed by atoms with E-state index in [0.29, 0.717) is 29.3 Å². The van der Waals surface area contributed by atoms with Crippen LogP contribution in [0.3, 0.4) is 0 Å². The van der Waals surface area contributed by atoms with Crippen molar-refractivity contribution in [2.75, 3.05) is 0 Å². The third-order valence-corrected chi connectivity index (χ3v) is 5.10. The topological polar surface area (TPSA) is 75.7 Å². The van der Waals surface area contributed by atoms with Gasteiger partial charge in [0.15, 0.2) is 6.10 Å². The van der Waals surface area contributed by atoms with Gasteiger partial charge in [0.2, 0.25) is 0 Å². The standard InChI is InChI=1S/C18H18Cl2N2O4/c1-2-14(26-15-9-10(19)7-8-13(15)20)16(23)21-22-17(24)11-5-3-4-6-12(11)18(22)25/h3-4,7-9,11-12,14H,2,5-6H2,1H3,(H,21,23)/t11-,12-,14+/m1/s1. The third-order valence-electron chi connectivity index (χ3n) is 4.56. The van der Waals surface area contributed by atoms with Crippen molar-refractivity contribution in [2.45, 2.75) is 32.3 Å². The zero-order chi connectivity index (χ0) is 18.8. The van der Waals surface area contributed by atoms with Crippen molar-refractivity contribution in [2.24, 2.45) is 11.8 Å². The number of halogens is 2. The van der Waals surface area contributed by atoms with Gasteiger partial charge < -0.3 is 4.74 Å². The number of amides is 3. The number of hydrogen-bond donors (Lipinski definition) is 1. The molecule has 6 nitrogen and oxygen atoms in total. The molecule has 3 rings (SSSR count). The van der Waals surface area contributed by atoms with Crippen molar-refractivity contribution < 1.29 is 19.1 Å². The molecule has 1 aromatic rings. The van der Waals surface area contributed by atoms with Gasteiger partial charge in [-0.25, -0.2) is 0 Å². The normalized spacial score (nSPS) is 23.0. The number of hydrazine groups is 1. The number of carbonyl (C=O) groups excluding carboxylic acids is 3. The summed E-state index contributed by atoms with van der Waals surface area (Å²) in [6, 6.07) is 4.68. The highest BCUT2D eigenvalue weighted by Gasteiger charge is 2.48. The van der Waals surface area contributed by atoms with Gasteiger partial charge in [0.1, 0.15) is 5.75 Å². The lowest BCUT2D eigenvalue weighted by molar-refractivity contribution is -0.151. The van der Waals surface area contributed by atoms with Crippen molar-refractivity contribution in [3.63, 3.8) is 0 Å². The fraction of sp³-hybridized carbons (Fsp3) is 0.389. The van der Waals surface area contributed by atoms with Crippen LogP contribution in [0.5, 0.6) is 5.75 Å².